The summed E-state index contributed by atoms with van der Waals surface area (Å²) in [7, 11) is 0. The Morgan fingerprint density at radius 1 is 1.54 bits per heavy atom. The lowest BCUT2D eigenvalue weighted by molar-refractivity contribution is -0.156. The third kappa shape index (κ3) is 3.61. The molecule has 0 aromatic heterocycles. The number of hydrogen-bond donors (Lipinski definition) is 0. The SMILES string of the molecule is N#CC1CN(CC(F)(F)F)CCO1. The first-order valence-corrected chi connectivity index (χ1v) is 3.81. The molecule has 0 saturated carbocycles. The van der Waals surface area contributed by atoms with Crippen molar-refractivity contribution in [3.63, 3.8) is 0 Å². The molecule has 0 bridgehead atoms. The van der Waals surface area contributed by atoms with Crippen LogP contribution in [0.4, 0.5) is 13.2 Å². The Labute approximate surface area is 73.7 Å². The van der Waals surface area contributed by atoms with E-state index in [1.54, 1.807) is 6.07 Å². The van der Waals surface area contributed by atoms with Crippen molar-refractivity contribution in [2.45, 2.75) is 12.3 Å². The molecule has 1 atom stereocenters. The molecule has 1 rings (SSSR count). The Kier molecular flexibility index (Phi) is 3.12. The number of alkyl halides is 3. The lowest BCUT2D eigenvalue weighted by Crippen LogP contribution is -2.45. The fraction of sp³-hybridized carbons (Fsp3) is 0.857. The van der Waals surface area contributed by atoms with Crippen LogP contribution in [0.1, 0.15) is 0 Å². The summed E-state index contributed by atoms with van der Waals surface area (Å²) in [5, 5.41) is 8.42. The van der Waals surface area contributed by atoms with Gasteiger partial charge < -0.3 is 4.74 Å². The minimum atomic E-state index is -4.20. The molecule has 1 fully saturated rings. The number of ether oxygens (including phenoxy) is 1. The fourth-order valence-corrected chi connectivity index (χ4v) is 1.18. The van der Waals surface area contributed by atoms with E-state index in [0.717, 1.165) is 0 Å². The van der Waals surface area contributed by atoms with E-state index in [1.165, 1.54) is 4.90 Å². The minimum absolute atomic E-state index is 0.0377. The van der Waals surface area contributed by atoms with Crippen molar-refractivity contribution in [3.8, 4) is 6.07 Å². The number of rotatable bonds is 1. The van der Waals surface area contributed by atoms with Gasteiger partial charge in [0.2, 0.25) is 0 Å². The number of nitrogens with zero attached hydrogens (tertiary/aromatic N) is 2. The molecule has 1 aliphatic heterocycles. The number of morpholine rings is 1. The van der Waals surface area contributed by atoms with Crippen molar-refractivity contribution < 1.29 is 17.9 Å². The maximum absolute atomic E-state index is 11.9. The summed E-state index contributed by atoms with van der Waals surface area (Å²) >= 11 is 0. The summed E-state index contributed by atoms with van der Waals surface area (Å²) in [5.74, 6) is 0. The van der Waals surface area contributed by atoms with E-state index >= 15 is 0 Å². The van der Waals surface area contributed by atoms with E-state index in [-0.39, 0.29) is 19.7 Å². The van der Waals surface area contributed by atoms with Crippen LogP contribution in [-0.4, -0.2) is 43.4 Å². The molecular formula is C7H9F3N2O. The van der Waals surface area contributed by atoms with E-state index in [1.807, 2.05) is 0 Å². The van der Waals surface area contributed by atoms with Gasteiger partial charge in [0.25, 0.3) is 0 Å². The van der Waals surface area contributed by atoms with Crippen molar-refractivity contribution >= 4 is 0 Å². The molecule has 6 heteroatoms. The molecule has 13 heavy (non-hydrogen) atoms. The molecule has 1 heterocycles. The molecule has 0 spiro atoms. The van der Waals surface area contributed by atoms with Gasteiger partial charge in [-0.25, -0.2) is 0 Å². The van der Waals surface area contributed by atoms with Crippen molar-refractivity contribution in [1.29, 1.82) is 5.26 Å². The van der Waals surface area contributed by atoms with Crippen LogP contribution in [0.15, 0.2) is 0 Å². The third-order valence-electron chi connectivity index (χ3n) is 1.70. The minimum Gasteiger partial charge on any atom is -0.361 e. The lowest BCUT2D eigenvalue weighted by Gasteiger charge is -2.29. The quantitative estimate of drug-likeness (QED) is 0.618. The van der Waals surface area contributed by atoms with Crippen LogP contribution in [-0.2, 0) is 4.74 Å². The topological polar surface area (TPSA) is 36.3 Å². The molecule has 1 unspecified atom stereocenters. The first kappa shape index (κ1) is 10.3. The van der Waals surface area contributed by atoms with E-state index in [4.69, 9.17) is 10.00 Å². The third-order valence-corrected chi connectivity index (χ3v) is 1.70. The first-order valence-electron chi connectivity index (χ1n) is 3.81. The number of nitriles is 1. The average Bonchev–Trinajstić information content (AvgIpc) is 2.01. The monoisotopic (exact) mass is 194 g/mol. The van der Waals surface area contributed by atoms with Crippen LogP contribution >= 0.6 is 0 Å². The van der Waals surface area contributed by atoms with Crippen molar-refractivity contribution in [2.75, 3.05) is 26.2 Å². The van der Waals surface area contributed by atoms with Crippen LogP contribution in [0, 0.1) is 11.3 Å². The van der Waals surface area contributed by atoms with Gasteiger partial charge in [0.05, 0.1) is 19.2 Å². The Bertz CT molecular complexity index is 211. The predicted molar refractivity (Wildman–Crippen MR) is 37.8 cm³/mol. The second-order valence-electron chi connectivity index (χ2n) is 2.84. The Morgan fingerprint density at radius 2 is 2.23 bits per heavy atom. The summed E-state index contributed by atoms with van der Waals surface area (Å²) in [4.78, 5) is 1.18. The molecule has 0 aromatic carbocycles. The summed E-state index contributed by atoms with van der Waals surface area (Å²) < 4.78 is 40.6. The maximum atomic E-state index is 11.9. The van der Waals surface area contributed by atoms with Gasteiger partial charge in [-0.1, -0.05) is 0 Å². The van der Waals surface area contributed by atoms with Crippen molar-refractivity contribution in [3.05, 3.63) is 0 Å². The highest BCUT2D eigenvalue weighted by molar-refractivity contribution is 4.89. The summed E-state index contributed by atoms with van der Waals surface area (Å²) in [6.07, 6.45) is -4.92. The molecule has 0 aromatic rings. The molecule has 0 radical (unpaired) electrons. The summed E-state index contributed by atoms with van der Waals surface area (Å²) in [6.45, 7) is -0.503. The largest absolute Gasteiger partial charge is 0.401 e. The van der Waals surface area contributed by atoms with Gasteiger partial charge in [-0.2, -0.15) is 18.4 Å². The molecule has 0 N–H and O–H groups in total. The van der Waals surface area contributed by atoms with Crippen LogP contribution in [0.5, 0.6) is 0 Å². The second-order valence-corrected chi connectivity index (χ2v) is 2.84. The van der Waals surface area contributed by atoms with E-state index in [2.05, 4.69) is 0 Å². The van der Waals surface area contributed by atoms with Gasteiger partial charge >= 0.3 is 6.18 Å². The zero-order valence-corrected chi connectivity index (χ0v) is 6.84. The Hall–Kier alpha value is -0.800. The maximum Gasteiger partial charge on any atom is 0.401 e. The smallest absolute Gasteiger partial charge is 0.361 e. The Morgan fingerprint density at radius 3 is 2.77 bits per heavy atom. The van der Waals surface area contributed by atoms with Crippen molar-refractivity contribution in [1.82, 2.24) is 4.90 Å². The van der Waals surface area contributed by atoms with Gasteiger partial charge in [-0.05, 0) is 0 Å². The van der Waals surface area contributed by atoms with Gasteiger partial charge in [0.1, 0.15) is 0 Å². The lowest BCUT2D eigenvalue weighted by atomic mass is 10.3. The zero-order valence-electron chi connectivity index (χ0n) is 6.84. The molecule has 3 nitrogen and oxygen atoms in total. The van der Waals surface area contributed by atoms with Gasteiger partial charge in [0.15, 0.2) is 6.10 Å². The fourth-order valence-electron chi connectivity index (χ4n) is 1.18. The van der Waals surface area contributed by atoms with Crippen LogP contribution in [0.3, 0.4) is 0 Å². The second kappa shape index (κ2) is 3.94. The highest BCUT2D eigenvalue weighted by Crippen LogP contribution is 2.17. The number of halogens is 3. The highest BCUT2D eigenvalue weighted by Gasteiger charge is 2.33. The van der Waals surface area contributed by atoms with Crippen LogP contribution in [0.25, 0.3) is 0 Å². The predicted octanol–water partition coefficient (Wildman–Crippen LogP) is 0.773. The molecule has 0 amide bonds. The van der Waals surface area contributed by atoms with E-state index in [9.17, 15) is 13.2 Å². The van der Waals surface area contributed by atoms with Gasteiger partial charge in [0, 0.05) is 13.1 Å². The zero-order chi connectivity index (χ0) is 9.90. The van der Waals surface area contributed by atoms with E-state index in [0.29, 0.717) is 0 Å². The molecule has 0 aliphatic carbocycles. The Balaban J connectivity index is 2.40. The number of hydrogen-bond acceptors (Lipinski definition) is 3. The molecule has 1 aliphatic rings. The van der Waals surface area contributed by atoms with Crippen LogP contribution in [0.2, 0.25) is 0 Å². The highest BCUT2D eigenvalue weighted by atomic mass is 19.4. The molecule has 1 saturated heterocycles. The van der Waals surface area contributed by atoms with Crippen LogP contribution < -0.4 is 0 Å². The normalized spacial score (nSPS) is 25.5. The van der Waals surface area contributed by atoms with E-state index < -0.39 is 18.8 Å². The van der Waals surface area contributed by atoms with Crippen molar-refractivity contribution in [2.24, 2.45) is 0 Å². The standard InChI is InChI=1S/C7H9F3N2O/c8-7(9,10)5-12-1-2-13-6(3-11)4-12/h6H,1-2,4-5H2. The van der Waals surface area contributed by atoms with Gasteiger partial charge in [-0.3, -0.25) is 4.90 Å². The summed E-state index contributed by atoms with van der Waals surface area (Å²) in [5.41, 5.74) is 0. The first-order chi connectivity index (χ1) is 6.01. The molecular weight excluding hydrogens is 185 g/mol. The summed E-state index contributed by atoms with van der Waals surface area (Å²) in [6, 6.07) is 1.79. The molecule has 74 valence electrons. The van der Waals surface area contributed by atoms with Gasteiger partial charge in [-0.15, -0.1) is 0 Å². The average molecular weight is 194 g/mol.